The fourth-order valence-corrected chi connectivity index (χ4v) is 5.19. The van der Waals surface area contributed by atoms with E-state index in [0.717, 1.165) is 12.5 Å². The Labute approximate surface area is 227 Å². The van der Waals surface area contributed by atoms with Gasteiger partial charge in [0.2, 0.25) is 16.0 Å². The number of rotatable bonds is 9. The van der Waals surface area contributed by atoms with Crippen molar-refractivity contribution in [3.05, 3.63) is 64.9 Å². The molecule has 0 spiro atoms. The van der Waals surface area contributed by atoms with E-state index in [1.54, 1.807) is 30.6 Å². The molecule has 0 amide bonds. The van der Waals surface area contributed by atoms with E-state index in [9.17, 15) is 8.42 Å². The van der Waals surface area contributed by atoms with Gasteiger partial charge in [-0.2, -0.15) is 0 Å². The lowest BCUT2D eigenvalue weighted by atomic mass is 10.0. The van der Waals surface area contributed by atoms with Crippen molar-refractivity contribution in [2.75, 3.05) is 18.9 Å². The molecule has 38 heavy (non-hydrogen) atoms. The Morgan fingerprint density at radius 1 is 1.08 bits per heavy atom. The highest BCUT2D eigenvalue weighted by molar-refractivity contribution is 9.10. The lowest BCUT2D eigenvalue weighted by Gasteiger charge is -2.26. The lowest BCUT2D eigenvalue weighted by Crippen LogP contribution is -2.41. The second-order valence-corrected chi connectivity index (χ2v) is 11.5. The summed E-state index contributed by atoms with van der Waals surface area (Å²) in [6.07, 6.45) is 5.94. The Balaban J connectivity index is 1.86. The fourth-order valence-electron chi connectivity index (χ4n) is 3.73. The summed E-state index contributed by atoms with van der Waals surface area (Å²) in [7, 11) is -1.48. The number of nitrogens with one attached hydrogen (secondary N) is 1. The zero-order valence-electron chi connectivity index (χ0n) is 21.2. The smallest absolute Gasteiger partial charge is 0.243 e. The van der Waals surface area contributed by atoms with E-state index < -0.39 is 20.9 Å². The van der Waals surface area contributed by atoms with Crippen LogP contribution in [0.2, 0.25) is 0 Å². The summed E-state index contributed by atoms with van der Waals surface area (Å²) in [6.45, 7) is 4.19. The monoisotopic (exact) mass is 605 g/mol. The average molecular weight is 606 g/mol. The largest absolute Gasteiger partial charge is 0.494 e. The molecule has 3 aromatic heterocycles. The van der Waals surface area contributed by atoms with E-state index in [1.807, 2.05) is 13.0 Å². The molecular formula is C24H25BrFN7O4S. The van der Waals surface area contributed by atoms with Gasteiger partial charge in [0, 0.05) is 30.4 Å². The van der Waals surface area contributed by atoms with Gasteiger partial charge in [-0.1, -0.05) is 6.07 Å². The van der Waals surface area contributed by atoms with Gasteiger partial charge in [-0.25, -0.2) is 22.8 Å². The number of aryl methyl sites for hydroxylation is 1. The first-order valence-electron chi connectivity index (χ1n) is 11.3. The van der Waals surface area contributed by atoms with Crippen molar-refractivity contribution in [3.63, 3.8) is 0 Å². The standard InChI is InChI=1S/C24H25BrFN7O4S/c1-14-9-16(11-27-10-14)21-30-31-23(33(21)20-18(36-4)7-6-8-19(20)37-5)32-38(34,35)15(2)24(3,26)22-28-12-17(25)13-29-22/h6-13,15H,1-5H3,(H,31,32)/t15-,24+/m0/s1. The maximum Gasteiger partial charge on any atom is 0.243 e. The number of hydrogen-bond donors (Lipinski definition) is 1. The molecule has 0 bridgehead atoms. The van der Waals surface area contributed by atoms with Gasteiger partial charge in [0.05, 0.1) is 18.7 Å². The molecule has 0 radical (unpaired) electrons. The number of para-hydroxylation sites is 1. The number of nitrogens with zero attached hydrogens (tertiary/aromatic N) is 6. The zero-order chi connectivity index (χ0) is 27.7. The topological polar surface area (TPSA) is 134 Å². The highest BCUT2D eigenvalue weighted by Gasteiger charge is 2.44. The number of anilines is 1. The highest BCUT2D eigenvalue weighted by atomic mass is 79.9. The zero-order valence-corrected chi connectivity index (χ0v) is 23.6. The summed E-state index contributed by atoms with van der Waals surface area (Å²) in [5.41, 5.74) is -0.698. The number of ether oxygens (including phenoxy) is 2. The summed E-state index contributed by atoms with van der Waals surface area (Å²) in [6, 6.07) is 6.90. The highest BCUT2D eigenvalue weighted by Crippen LogP contribution is 2.38. The van der Waals surface area contributed by atoms with Crippen LogP contribution >= 0.6 is 15.9 Å². The quantitative estimate of drug-likeness (QED) is 0.297. The first-order chi connectivity index (χ1) is 18.0. The van der Waals surface area contributed by atoms with Gasteiger partial charge in [-0.05, 0) is 60.5 Å². The van der Waals surface area contributed by atoms with Gasteiger partial charge in [0.15, 0.2) is 17.3 Å². The van der Waals surface area contributed by atoms with Crippen LogP contribution in [0.4, 0.5) is 10.3 Å². The summed E-state index contributed by atoms with van der Waals surface area (Å²) >= 11 is 3.19. The lowest BCUT2D eigenvalue weighted by molar-refractivity contribution is 0.175. The van der Waals surface area contributed by atoms with Gasteiger partial charge < -0.3 is 9.47 Å². The molecule has 2 atom stereocenters. The minimum Gasteiger partial charge on any atom is -0.494 e. The van der Waals surface area contributed by atoms with Crippen molar-refractivity contribution in [3.8, 4) is 28.6 Å². The number of aromatic nitrogens is 6. The molecule has 0 aliphatic rings. The second kappa shape index (κ2) is 10.6. The number of sulfonamides is 1. The summed E-state index contributed by atoms with van der Waals surface area (Å²) < 4.78 is 58.4. The molecule has 0 fully saturated rings. The second-order valence-electron chi connectivity index (χ2n) is 8.53. The maximum absolute atomic E-state index is 15.9. The average Bonchev–Trinajstić information content (AvgIpc) is 3.30. The maximum atomic E-state index is 15.9. The number of alkyl halides is 1. The third kappa shape index (κ3) is 5.18. The predicted molar refractivity (Wildman–Crippen MR) is 143 cm³/mol. The molecule has 0 aliphatic carbocycles. The van der Waals surface area contributed by atoms with Crippen molar-refractivity contribution >= 4 is 31.9 Å². The Kier molecular flexibility index (Phi) is 7.65. The molecule has 11 nitrogen and oxygen atoms in total. The van der Waals surface area contributed by atoms with Gasteiger partial charge in [-0.3, -0.25) is 14.3 Å². The molecule has 0 saturated heterocycles. The van der Waals surface area contributed by atoms with Crippen LogP contribution in [-0.4, -0.2) is 57.6 Å². The normalized spacial score (nSPS) is 14.0. The minimum atomic E-state index is -4.41. The summed E-state index contributed by atoms with van der Waals surface area (Å²) in [5, 5.41) is 6.73. The van der Waals surface area contributed by atoms with Gasteiger partial charge >= 0.3 is 0 Å². The van der Waals surface area contributed by atoms with Gasteiger partial charge in [0.25, 0.3) is 0 Å². The van der Waals surface area contributed by atoms with Crippen LogP contribution in [0.5, 0.6) is 11.5 Å². The number of halogens is 2. The van der Waals surface area contributed by atoms with E-state index in [4.69, 9.17) is 9.47 Å². The summed E-state index contributed by atoms with van der Waals surface area (Å²) in [5.74, 6) is 0.492. The van der Waals surface area contributed by atoms with Crippen molar-refractivity contribution < 1.29 is 22.3 Å². The predicted octanol–water partition coefficient (Wildman–Crippen LogP) is 4.22. The Morgan fingerprint density at radius 2 is 1.71 bits per heavy atom. The van der Waals surface area contributed by atoms with Crippen LogP contribution in [-0.2, 0) is 15.7 Å². The molecule has 1 aromatic carbocycles. The van der Waals surface area contributed by atoms with E-state index in [-0.39, 0.29) is 17.6 Å². The molecule has 200 valence electrons. The van der Waals surface area contributed by atoms with Crippen molar-refractivity contribution in [2.24, 2.45) is 0 Å². The number of benzene rings is 1. The molecule has 4 aromatic rings. The summed E-state index contributed by atoms with van der Waals surface area (Å²) in [4.78, 5) is 12.1. The molecule has 3 heterocycles. The van der Waals surface area contributed by atoms with Crippen molar-refractivity contribution in [1.29, 1.82) is 0 Å². The van der Waals surface area contributed by atoms with E-state index in [2.05, 4.69) is 45.8 Å². The number of pyridine rings is 1. The third-order valence-corrected chi connectivity index (χ3v) is 8.19. The molecule has 0 aliphatic heterocycles. The SMILES string of the molecule is COc1cccc(OC)c1-n1c(NS(=O)(=O)[C@@H](C)[C@@](C)(F)c2ncc(Br)cn2)nnc1-c1cncc(C)c1. The minimum absolute atomic E-state index is 0.205. The van der Waals surface area contributed by atoms with Crippen LogP contribution in [0.1, 0.15) is 25.2 Å². The Bertz CT molecular complexity index is 1540. The first-order valence-corrected chi connectivity index (χ1v) is 13.6. The fraction of sp³-hybridized carbons (Fsp3) is 0.292. The van der Waals surface area contributed by atoms with Gasteiger partial charge in [-0.15, -0.1) is 10.2 Å². The molecule has 14 heteroatoms. The van der Waals surface area contributed by atoms with Crippen LogP contribution in [0.25, 0.3) is 17.1 Å². The van der Waals surface area contributed by atoms with Gasteiger partial charge in [0.1, 0.15) is 22.4 Å². The van der Waals surface area contributed by atoms with Crippen LogP contribution in [0.3, 0.4) is 0 Å². The molecule has 1 N–H and O–H groups in total. The third-order valence-electron chi connectivity index (χ3n) is 5.94. The van der Waals surface area contributed by atoms with E-state index >= 15 is 4.39 Å². The van der Waals surface area contributed by atoms with Crippen LogP contribution < -0.4 is 14.2 Å². The van der Waals surface area contributed by atoms with Crippen molar-refractivity contribution in [1.82, 2.24) is 29.7 Å². The van der Waals surface area contributed by atoms with Crippen LogP contribution in [0, 0.1) is 6.92 Å². The molecular weight excluding hydrogens is 581 g/mol. The molecule has 0 saturated carbocycles. The van der Waals surface area contributed by atoms with E-state index in [1.165, 1.54) is 38.1 Å². The Morgan fingerprint density at radius 3 is 2.29 bits per heavy atom. The molecule has 4 rings (SSSR count). The Hall–Kier alpha value is -3.65. The van der Waals surface area contributed by atoms with Crippen LogP contribution in [0.15, 0.2) is 53.5 Å². The number of hydrogen-bond acceptors (Lipinski definition) is 9. The van der Waals surface area contributed by atoms with Crippen molar-refractivity contribution in [2.45, 2.75) is 31.7 Å². The molecule has 0 unspecified atom stereocenters. The first kappa shape index (κ1) is 27.4. The van der Waals surface area contributed by atoms with E-state index in [0.29, 0.717) is 27.2 Å². The number of methoxy groups -OCH3 is 2.